The van der Waals surface area contributed by atoms with Crippen LogP contribution < -0.4 is 9.47 Å². The molecule has 2 aromatic carbocycles. The molecule has 6 nitrogen and oxygen atoms in total. The highest BCUT2D eigenvalue weighted by atomic mass is 35.5. The molecule has 7 heteroatoms. The summed E-state index contributed by atoms with van der Waals surface area (Å²) >= 11 is 6.34. The minimum atomic E-state index is -1.06. The number of aliphatic hydroxyl groups excluding tert-OH is 1. The highest BCUT2D eigenvalue weighted by molar-refractivity contribution is 6.30. The molecular formula is C27H28ClNO5. The van der Waals surface area contributed by atoms with Crippen molar-refractivity contribution >= 4 is 29.7 Å². The Morgan fingerprint density at radius 3 is 2.47 bits per heavy atom. The highest BCUT2D eigenvalue weighted by Gasteiger charge is 2.23. The predicted molar refractivity (Wildman–Crippen MR) is 135 cm³/mol. The van der Waals surface area contributed by atoms with E-state index in [-0.39, 0.29) is 0 Å². The molecular weight excluding hydrogens is 454 g/mol. The zero-order valence-electron chi connectivity index (χ0n) is 19.8. The lowest BCUT2D eigenvalue weighted by atomic mass is 9.98. The van der Waals surface area contributed by atoms with Crippen molar-refractivity contribution in [2.24, 2.45) is 0 Å². The summed E-state index contributed by atoms with van der Waals surface area (Å²) in [6.45, 7) is 4.02. The molecule has 0 aliphatic carbocycles. The first-order valence-electron chi connectivity index (χ1n) is 10.6. The molecule has 0 fully saturated rings. The van der Waals surface area contributed by atoms with Gasteiger partial charge in [0.2, 0.25) is 0 Å². The second-order valence-electron chi connectivity index (χ2n) is 7.83. The number of rotatable bonds is 8. The van der Waals surface area contributed by atoms with Crippen LogP contribution in [0.15, 0.2) is 60.3 Å². The summed E-state index contributed by atoms with van der Waals surface area (Å²) in [6.07, 6.45) is 5.93. The Morgan fingerprint density at radius 1 is 1.06 bits per heavy atom. The van der Waals surface area contributed by atoms with E-state index >= 15 is 0 Å². The van der Waals surface area contributed by atoms with Crippen LogP contribution in [0.1, 0.15) is 42.3 Å². The van der Waals surface area contributed by atoms with E-state index in [4.69, 9.17) is 25.8 Å². The van der Waals surface area contributed by atoms with Crippen molar-refractivity contribution in [1.82, 2.24) is 4.57 Å². The van der Waals surface area contributed by atoms with Gasteiger partial charge in [0.1, 0.15) is 6.10 Å². The van der Waals surface area contributed by atoms with Gasteiger partial charge in [-0.25, -0.2) is 4.79 Å². The van der Waals surface area contributed by atoms with Gasteiger partial charge < -0.3 is 23.9 Å². The van der Waals surface area contributed by atoms with Crippen LogP contribution in [0.4, 0.5) is 0 Å². The third-order valence-electron chi connectivity index (χ3n) is 5.19. The van der Waals surface area contributed by atoms with Gasteiger partial charge >= 0.3 is 5.97 Å². The quantitative estimate of drug-likeness (QED) is 0.323. The molecule has 3 rings (SSSR count). The molecule has 0 saturated heterocycles. The number of hydrogen-bond acceptors (Lipinski definition) is 5. The first-order chi connectivity index (χ1) is 16.3. The maximum absolute atomic E-state index is 11.7. The number of aromatic nitrogens is 1. The summed E-state index contributed by atoms with van der Waals surface area (Å²) in [6, 6.07) is 12.6. The normalized spacial score (nSPS) is 11.9. The van der Waals surface area contributed by atoms with Crippen molar-refractivity contribution in [1.29, 1.82) is 0 Å². The number of para-hydroxylation sites is 1. The lowest BCUT2D eigenvalue weighted by Gasteiger charge is -2.21. The summed E-state index contributed by atoms with van der Waals surface area (Å²) in [5.74, 6) is 0.483. The Kier molecular flexibility index (Phi) is 8.21. The number of aliphatic hydroxyl groups is 1. The van der Waals surface area contributed by atoms with Gasteiger partial charge in [0.15, 0.2) is 11.5 Å². The van der Waals surface area contributed by atoms with Gasteiger partial charge in [-0.05, 0) is 55.8 Å². The first kappa shape index (κ1) is 25.1. The third kappa shape index (κ3) is 5.53. The topological polar surface area (TPSA) is 69.9 Å². The molecule has 0 bridgehead atoms. The molecule has 1 unspecified atom stereocenters. The number of carbonyl (C=O) groups excluding carboxylic acids is 1. The van der Waals surface area contributed by atoms with Gasteiger partial charge in [0, 0.05) is 34.1 Å². The Morgan fingerprint density at radius 2 is 1.82 bits per heavy atom. The maximum Gasteiger partial charge on any atom is 0.330 e. The van der Waals surface area contributed by atoms with E-state index in [0.29, 0.717) is 33.3 Å². The van der Waals surface area contributed by atoms with Crippen LogP contribution in [0.5, 0.6) is 11.5 Å². The van der Waals surface area contributed by atoms with Crippen molar-refractivity contribution in [3.05, 3.63) is 87.7 Å². The monoisotopic (exact) mass is 481 g/mol. The van der Waals surface area contributed by atoms with Crippen molar-refractivity contribution in [3.8, 4) is 17.2 Å². The van der Waals surface area contributed by atoms with Crippen LogP contribution in [0.3, 0.4) is 0 Å². The van der Waals surface area contributed by atoms with Gasteiger partial charge in [0.25, 0.3) is 0 Å². The van der Waals surface area contributed by atoms with Gasteiger partial charge in [-0.1, -0.05) is 35.4 Å². The van der Waals surface area contributed by atoms with E-state index < -0.39 is 12.1 Å². The van der Waals surface area contributed by atoms with E-state index in [1.165, 1.54) is 20.3 Å². The van der Waals surface area contributed by atoms with Crippen molar-refractivity contribution < 1.29 is 24.1 Å². The number of benzene rings is 2. The van der Waals surface area contributed by atoms with Crippen LogP contribution >= 0.6 is 11.6 Å². The van der Waals surface area contributed by atoms with Crippen LogP contribution in [-0.4, -0.2) is 37.0 Å². The number of halogens is 1. The third-order valence-corrected chi connectivity index (χ3v) is 5.42. The molecule has 0 aliphatic heterocycles. The minimum absolute atomic E-state index is 0.437. The molecule has 178 valence electrons. The second kappa shape index (κ2) is 11.1. The molecule has 1 N–H and O–H groups in total. The lowest BCUT2D eigenvalue weighted by molar-refractivity contribution is -0.134. The number of esters is 1. The number of hydrogen-bond donors (Lipinski definition) is 1. The number of allylic oxidation sites excluding steroid dienone is 1. The van der Waals surface area contributed by atoms with Gasteiger partial charge in [-0.2, -0.15) is 0 Å². The molecule has 0 amide bonds. The fraction of sp³-hybridized carbons (Fsp3) is 0.222. The average Bonchev–Trinajstić information content (AvgIpc) is 3.22. The second-order valence-corrected chi connectivity index (χ2v) is 8.27. The lowest BCUT2D eigenvalue weighted by Crippen LogP contribution is -2.09. The fourth-order valence-corrected chi connectivity index (χ4v) is 3.91. The van der Waals surface area contributed by atoms with E-state index in [0.717, 1.165) is 16.8 Å². The van der Waals surface area contributed by atoms with Crippen LogP contribution in [0.2, 0.25) is 5.02 Å². The van der Waals surface area contributed by atoms with Crippen LogP contribution in [-0.2, 0) is 9.53 Å². The van der Waals surface area contributed by atoms with E-state index in [2.05, 4.69) is 0 Å². The molecule has 34 heavy (non-hydrogen) atoms. The smallest absolute Gasteiger partial charge is 0.330 e. The summed E-state index contributed by atoms with van der Waals surface area (Å²) in [5, 5.41) is 12.0. The molecule has 0 saturated carbocycles. The maximum atomic E-state index is 11.7. The van der Waals surface area contributed by atoms with Crippen molar-refractivity contribution in [2.45, 2.75) is 20.0 Å². The highest BCUT2D eigenvalue weighted by Crippen LogP contribution is 2.39. The number of ether oxygens (including phenoxy) is 3. The average molecular weight is 482 g/mol. The molecule has 1 atom stereocenters. The molecule has 0 radical (unpaired) electrons. The number of methoxy groups -OCH3 is 3. The van der Waals surface area contributed by atoms with E-state index in [1.54, 1.807) is 43.5 Å². The van der Waals surface area contributed by atoms with Gasteiger partial charge in [-0.15, -0.1) is 0 Å². The Balaban J connectivity index is 2.22. The van der Waals surface area contributed by atoms with Crippen molar-refractivity contribution in [3.63, 3.8) is 0 Å². The molecule has 1 aromatic heterocycles. The van der Waals surface area contributed by atoms with Crippen molar-refractivity contribution in [2.75, 3.05) is 21.3 Å². The summed E-state index contributed by atoms with van der Waals surface area (Å²) in [4.78, 5) is 11.7. The Bertz CT molecular complexity index is 1240. The van der Waals surface area contributed by atoms with E-state index in [1.807, 2.05) is 42.8 Å². The molecule has 0 aliphatic rings. The van der Waals surface area contributed by atoms with Gasteiger partial charge in [0.05, 0.1) is 27.0 Å². The van der Waals surface area contributed by atoms with Crippen LogP contribution in [0, 0.1) is 0 Å². The predicted octanol–water partition coefficient (Wildman–Crippen LogP) is 5.84. The molecule has 0 spiro atoms. The standard InChI is InChI=1S/C27H28ClNO5/c1-17(2)13-18-14-20(10-12-25(30)33-4)29(16-18)23-11-9-19(28)15-22(23)26(31)21-7-6-8-24(32-3)27(21)34-5/h6-16,26,31H,1-5H3. The number of nitrogens with zero attached hydrogens (tertiary/aromatic N) is 1. The van der Waals surface area contributed by atoms with Crippen LogP contribution in [0.25, 0.3) is 17.8 Å². The summed E-state index contributed by atoms with van der Waals surface area (Å²) in [5.41, 5.74) is 4.59. The first-order valence-corrected chi connectivity index (χ1v) is 11.0. The van der Waals surface area contributed by atoms with Gasteiger partial charge in [-0.3, -0.25) is 0 Å². The fourth-order valence-electron chi connectivity index (χ4n) is 3.73. The molecule has 3 aromatic rings. The zero-order valence-corrected chi connectivity index (χ0v) is 20.6. The van der Waals surface area contributed by atoms with E-state index in [9.17, 15) is 9.90 Å². The summed E-state index contributed by atoms with van der Waals surface area (Å²) < 4.78 is 17.6. The Labute approximate surface area is 204 Å². The zero-order chi connectivity index (χ0) is 24.8. The Hall–Kier alpha value is -3.48. The minimum Gasteiger partial charge on any atom is -0.493 e. The number of carbonyl (C=O) groups is 1. The largest absolute Gasteiger partial charge is 0.493 e. The summed E-state index contributed by atoms with van der Waals surface area (Å²) in [7, 11) is 4.40. The molecule has 1 heterocycles. The SMILES string of the molecule is COC(=O)C=Cc1cc(C=C(C)C)cn1-c1ccc(Cl)cc1C(O)c1cccc(OC)c1OC.